The smallest absolute Gasteiger partial charge is 0.0537 e. The molecule has 0 aliphatic carbocycles. The lowest BCUT2D eigenvalue weighted by Crippen LogP contribution is -2.22. The summed E-state index contributed by atoms with van der Waals surface area (Å²) >= 11 is 3.51. The van der Waals surface area contributed by atoms with E-state index in [1.165, 1.54) is 11.1 Å². The van der Waals surface area contributed by atoms with Gasteiger partial charge in [-0.15, -0.1) is 0 Å². The van der Waals surface area contributed by atoms with E-state index in [-0.39, 0.29) is 6.04 Å². The lowest BCUT2D eigenvalue weighted by atomic mass is 10.1. The van der Waals surface area contributed by atoms with Crippen LogP contribution in [0.5, 0.6) is 0 Å². The first-order valence-corrected chi connectivity index (χ1v) is 7.43. The van der Waals surface area contributed by atoms with Crippen molar-refractivity contribution >= 4 is 15.9 Å². The van der Waals surface area contributed by atoms with Crippen molar-refractivity contribution in [3.63, 3.8) is 0 Å². The third-order valence-corrected chi connectivity index (χ3v) is 3.82. The van der Waals surface area contributed by atoms with Crippen LogP contribution in [0.2, 0.25) is 0 Å². The van der Waals surface area contributed by atoms with Gasteiger partial charge >= 0.3 is 0 Å². The number of benzene rings is 1. The van der Waals surface area contributed by atoms with E-state index in [0.717, 1.165) is 11.0 Å². The SMILES string of the molecule is CCn1cc(C(C)N[C@@H](C)c2cccc(Br)c2)cn1. The Hall–Kier alpha value is -1.13. The van der Waals surface area contributed by atoms with Crippen LogP contribution < -0.4 is 5.32 Å². The van der Waals surface area contributed by atoms with Gasteiger partial charge in [0.2, 0.25) is 0 Å². The molecule has 1 unspecified atom stereocenters. The highest BCUT2D eigenvalue weighted by Crippen LogP contribution is 2.21. The lowest BCUT2D eigenvalue weighted by molar-refractivity contribution is 0.494. The van der Waals surface area contributed by atoms with Crippen molar-refractivity contribution in [3.05, 3.63) is 52.3 Å². The van der Waals surface area contributed by atoms with Gasteiger partial charge in [0.15, 0.2) is 0 Å². The van der Waals surface area contributed by atoms with Crippen LogP contribution in [0.3, 0.4) is 0 Å². The molecule has 1 aromatic heterocycles. The van der Waals surface area contributed by atoms with Gasteiger partial charge in [0.25, 0.3) is 0 Å². The minimum Gasteiger partial charge on any atom is -0.304 e. The zero-order valence-electron chi connectivity index (χ0n) is 11.6. The quantitative estimate of drug-likeness (QED) is 0.899. The maximum atomic E-state index is 4.32. The molecule has 1 N–H and O–H groups in total. The van der Waals surface area contributed by atoms with Crippen LogP contribution in [-0.4, -0.2) is 9.78 Å². The molecule has 102 valence electrons. The fourth-order valence-corrected chi connectivity index (χ4v) is 2.54. The average molecular weight is 322 g/mol. The summed E-state index contributed by atoms with van der Waals surface area (Å²) in [6, 6.07) is 9.00. The normalized spacial score (nSPS) is 14.3. The van der Waals surface area contributed by atoms with Gasteiger partial charge in [-0.3, -0.25) is 4.68 Å². The van der Waals surface area contributed by atoms with E-state index in [1.807, 2.05) is 16.9 Å². The number of rotatable bonds is 5. The highest BCUT2D eigenvalue weighted by Gasteiger charge is 2.12. The van der Waals surface area contributed by atoms with Crippen LogP contribution in [0.1, 0.15) is 44.0 Å². The molecule has 0 saturated heterocycles. The molecule has 0 amide bonds. The molecule has 2 atom stereocenters. The Bertz CT molecular complexity index is 536. The molecule has 0 spiro atoms. The Labute approximate surface area is 123 Å². The van der Waals surface area contributed by atoms with Crippen LogP contribution in [0.25, 0.3) is 0 Å². The predicted molar refractivity (Wildman–Crippen MR) is 82.0 cm³/mol. The molecule has 0 fully saturated rings. The molecule has 0 saturated carbocycles. The average Bonchev–Trinajstić information content (AvgIpc) is 2.87. The maximum Gasteiger partial charge on any atom is 0.0537 e. The predicted octanol–water partition coefficient (Wildman–Crippen LogP) is 4.08. The van der Waals surface area contributed by atoms with Crippen LogP contribution in [0.4, 0.5) is 0 Å². The van der Waals surface area contributed by atoms with Crippen molar-refractivity contribution < 1.29 is 0 Å². The fourth-order valence-electron chi connectivity index (χ4n) is 2.12. The summed E-state index contributed by atoms with van der Waals surface area (Å²) in [6.07, 6.45) is 4.04. The van der Waals surface area contributed by atoms with Crippen molar-refractivity contribution in [2.24, 2.45) is 0 Å². The Morgan fingerprint density at radius 1 is 1.26 bits per heavy atom. The molecule has 0 bridgehead atoms. The summed E-state index contributed by atoms with van der Waals surface area (Å²) in [5.41, 5.74) is 2.51. The third kappa shape index (κ3) is 3.67. The van der Waals surface area contributed by atoms with Crippen LogP contribution in [0.15, 0.2) is 41.1 Å². The number of nitrogens with zero attached hydrogens (tertiary/aromatic N) is 2. The summed E-state index contributed by atoms with van der Waals surface area (Å²) in [5.74, 6) is 0. The molecular weight excluding hydrogens is 302 g/mol. The molecule has 2 rings (SSSR count). The van der Waals surface area contributed by atoms with Crippen molar-refractivity contribution in [3.8, 4) is 0 Å². The topological polar surface area (TPSA) is 29.9 Å². The Kier molecular flexibility index (Phi) is 4.77. The molecule has 19 heavy (non-hydrogen) atoms. The second-order valence-electron chi connectivity index (χ2n) is 4.79. The van der Waals surface area contributed by atoms with E-state index in [2.05, 4.69) is 71.5 Å². The molecule has 1 heterocycles. The molecular formula is C15H20BrN3. The Morgan fingerprint density at radius 3 is 2.63 bits per heavy atom. The molecule has 0 radical (unpaired) electrons. The summed E-state index contributed by atoms with van der Waals surface area (Å²) in [4.78, 5) is 0. The minimum atomic E-state index is 0.286. The molecule has 2 aromatic rings. The van der Waals surface area contributed by atoms with Crippen molar-refractivity contribution in [2.45, 2.75) is 39.4 Å². The number of halogens is 1. The van der Waals surface area contributed by atoms with Crippen molar-refractivity contribution in [1.82, 2.24) is 15.1 Å². The van der Waals surface area contributed by atoms with Crippen LogP contribution in [0, 0.1) is 0 Å². The number of nitrogens with one attached hydrogen (secondary N) is 1. The first kappa shape index (κ1) is 14.3. The van der Waals surface area contributed by atoms with Gasteiger partial charge in [-0.2, -0.15) is 5.10 Å². The van der Waals surface area contributed by atoms with Gasteiger partial charge in [0, 0.05) is 34.9 Å². The number of aryl methyl sites for hydroxylation is 1. The van der Waals surface area contributed by atoms with Gasteiger partial charge in [-0.1, -0.05) is 28.1 Å². The molecule has 3 nitrogen and oxygen atoms in total. The Balaban J connectivity index is 2.03. The maximum absolute atomic E-state index is 4.32. The van der Waals surface area contributed by atoms with E-state index in [9.17, 15) is 0 Å². The van der Waals surface area contributed by atoms with Crippen molar-refractivity contribution in [2.75, 3.05) is 0 Å². The van der Waals surface area contributed by atoms with Gasteiger partial charge < -0.3 is 5.32 Å². The minimum absolute atomic E-state index is 0.286. The van der Waals surface area contributed by atoms with E-state index < -0.39 is 0 Å². The molecule has 0 aliphatic rings. The van der Waals surface area contributed by atoms with Crippen LogP contribution in [-0.2, 0) is 6.54 Å². The van der Waals surface area contributed by atoms with Crippen molar-refractivity contribution in [1.29, 1.82) is 0 Å². The largest absolute Gasteiger partial charge is 0.304 e. The third-order valence-electron chi connectivity index (χ3n) is 3.33. The first-order valence-electron chi connectivity index (χ1n) is 6.64. The van der Waals surface area contributed by atoms with Crippen LogP contribution >= 0.6 is 15.9 Å². The van der Waals surface area contributed by atoms with Gasteiger partial charge in [-0.05, 0) is 38.5 Å². The first-order chi connectivity index (χ1) is 9.10. The number of hydrogen-bond donors (Lipinski definition) is 1. The van der Waals surface area contributed by atoms with E-state index in [4.69, 9.17) is 0 Å². The second-order valence-corrected chi connectivity index (χ2v) is 5.71. The van der Waals surface area contributed by atoms with Gasteiger partial charge in [-0.25, -0.2) is 0 Å². The highest BCUT2D eigenvalue weighted by atomic mass is 79.9. The standard InChI is InChI=1S/C15H20BrN3/c1-4-19-10-14(9-17-19)12(3)18-11(2)13-6-5-7-15(16)8-13/h5-12,18H,4H2,1-3H3/t11-,12?/m0/s1. The van der Waals surface area contributed by atoms with Gasteiger partial charge in [0.1, 0.15) is 0 Å². The van der Waals surface area contributed by atoms with E-state index >= 15 is 0 Å². The molecule has 0 aliphatic heterocycles. The highest BCUT2D eigenvalue weighted by molar-refractivity contribution is 9.10. The lowest BCUT2D eigenvalue weighted by Gasteiger charge is -2.19. The summed E-state index contributed by atoms with van der Waals surface area (Å²) < 4.78 is 3.07. The molecule has 4 heteroatoms. The summed E-state index contributed by atoms with van der Waals surface area (Å²) in [6.45, 7) is 7.36. The zero-order valence-corrected chi connectivity index (χ0v) is 13.2. The van der Waals surface area contributed by atoms with E-state index in [1.54, 1.807) is 0 Å². The zero-order chi connectivity index (χ0) is 13.8. The number of aromatic nitrogens is 2. The monoisotopic (exact) mass is 321 g/mol. The molecule has 1 aromatic carbocycles. The number of hydrogen-bond acceptors (Lipinski definition) is 2. The van der Waals surface area contributed by atoms with Gasteiger partial charge in [0.05, 0.1) is 6.20 Å². The fraction of sp³-hybridized carbons (Fsp3) is 0.400. The summed E-state index contributed by atoms with van der Waals surface area (Å²) in [5, 5.41) is 7.92. The summed E-state index contributed by atoms with van der Waals surface area (Å²) in [7, 11) is 0. The Morgan fingerprint density at radius 2 is 2.00 bits per heavy atom. The van der Waals surface area contributed by atoms with E-state index in [0.29, 0.717) is 6.04 Å². The second kappa shape index (κ2) is 6.35.